The number of anilines is 2. The first-order chi connectivity index (χ1) is 17.8. The Kier molecular flexibility index (Phi) is 7.06. The highest BCUT2D eigenvalue weighted by Crippen LogP contribution is 2.46. The van der Waals surface area contributed by atoms with Crippen molar-refractivity contribution >= 4 is 59.1 Å². The predicted octanol–water partition coefficient (Wildman–Crippen LogP) is 6.08. The number of halogens is 1. The average molecular weight is 536 g/mol. The standard InChI is InChI=1S/C28H31FN5OPS/c1-5-15(4)21(23-16(9-30)27(31)37-26(23)20(29)6-2)22-19-13-35-12-18(19)17-10-32-28(33-24(17)25(22)36)34-8-7-14(3)11-34/h6,10,14H,5,7-8,11-13,31,36H2,1-4H3/b20-6+,21-15+/t14-/m0/s1. The highest BCUT2D eigenvalue weighted by Gasteiger charge is 2.31. The molecule has 0 saturated carbocycles. The minimum atomic E-state index is -0.388. The van der Waals surface area contributed by atoms with Crippen molar-refractivity contribution < 1.29 is 9.13 Å². The molecule has 37 heavy (non-hydrogen) atoms. The summed E-state index contributed by atoms with van der Waals surface area (Å²) in [6, 6.07) is 2.25. The third kappa shape index (κ3) is 4.24. The fourth-order valence-corrected chi connectivity index (χ4v) is 6.88. The van der Waals surface area contributed by atoms with Crippen molar-refractivity contribution in [1.82, 2.24) is 9.97 Å². The van der Waals surface area contributed by atoms with E-state index in [1.54, 1.807) is 6.92 Å². The van der Waals surface area contributed by atoms with Gasteiger partial charge in [0.15, 0.2) is 0 Å². The molecule has 0 amide bonds. The number of nitriles is 1. The van der Waals surface area contributed by atoms with Gasteiger partial charge in [-0.2, -0.15) is 5.26 Å². The SMILES string of the molecule is C/C=C(/F)c1sc(N)c(C#N)c1/C(=C(\C)CC)c1c2c(c3cnc(N4CC[C@H](C)C4)nc3c1P)COC2. The third-order valence-corrected chi connectivity index (χ3v) is 9.06. The van der Waals surface area contributed by atoms with Crippen molar-refractivity contribution in [3.63, 3.8) is 0 Å². The summed E-state index contributed by atoms with van der Waals surface area (Å²) in [5.74, 6) is 0.941. The highest BCUT2D eigenvalue weighted by atomic mass is 32.1. The first-order valence-electron chi connectivity index (χ1n) is 12.6. The number of aromatic nitrogens is 2. The molecule has 4 heterocycles. The maximum absolute atomic E-state index is 15.2. The molecule has 1 saturated heterocycles. The van der Waals surface area contributed by atoms with Gasteiger partial charge in [0.05, 0.1) is 29.2 Å². The number of hydrogen-bond acceptors (Lipinski definition) is 7. The van der Waals surface area contributed by atoms with E-state index in [9.17, 15) is 5.26 Å². The molecule has 5 rings (SSSR count). The largest absolute Gasteiger partial charge is 0.389 e. The van der Waals surface area contributed by atoms with Crippen LogP contribution in [0, 0.1) is 17.2 Å². The second kappa shape index (κ2) is 10.1. The van der Waals surface area contributed by atoms with Crippen LogP contribution in [0.25, 0.3) is 22.3 Å². The van der Waals surface area contributed by atoms with Gasteiger partial charge in [0.2, 0.25) is 5.95 Å². The van der Waals surface area contributed by atoms with Crippen molar-refractivity contribution in [2.24, 2.45) is 5.92 Å². The highest BCUT2D eigenvalue weighted by molar-refractivity contribution is 7.28. The molecule has 0 aliphatic carbocycles. The van der Waals surface area contributed by atoms with Crippen LogP contribution in [0.5, 0.6) is 0 Å². The maximum Gasteiger partial charge on any atom is 0.225 e. The van der Waals surface area contributed by atoms with Gasteiger partial charge in [-0.05, 0) is 54.9 Å². The molecular formula is C28H31FN5OPS. The Morgan fingerprint density at radius 3 is 2.78 bits per heavy atom. The summed E-state index contributed by atoms with van der Waals surface area (Å²) in [5.41, 5.74) is 12.9. The summed E-state index contributed by atoms with van der Waals surface area (Å²) in [6.45, 7) is 10.8. The number of benzene rings is 1. The van der Waals surface area contributed by atoms with Crippen LogP contribution in [0.15, 0.2) is 17.8 Å². The van der Waals surface area contributed by atoms with E-state index in [1.807, 2.05) is 13.1 Å². The molecule has 2 atom stereocenters. The van der Waals surface area contributed by atoms with Gasteiger partial charge < -0.3 is 15.4 Å². The summed E-state index contributed by atoms with van der Waals surface area (Å²) in [6.07, 6.45) is 5.18. The van der Waals surface area contributed by atoms with E-state index >= 15 is 4.39 Å². The molecular weight excluding hydrogens is 504 g/mol. The maximum atomic E-state index is 15.2. The second-order valence-electron chi connectivity index (χ2n) is 9.81. The number of fused-ring (bicyclic) bond motifs is 3. The van der Waals surface area contributed by atoms with E-state index in [1.165, 1.54) is 6.08 Å². The summed E-state index contributed by atoms with van der Waals surface area (Å²) < 4.78 is 21.2. The van der Waals surface area contributed by atoms with E-state index in [4.69, 9.17) is 20.4 Å². The zero-order valence-corrected chi connectivity index (χ0v) is 23.6. The van der Waals surface area contributed by atoms with Crippen LogP contribution in [0.4, 0.5) is 15.3 Å². The number of thiophene rings is 1. The summed E-state index contributed by atoms with van der Waals surface area (Å²) in [7, 11) is 2.88. The molecule has 2 aromatic heterocycles. The Morgan fingerprint density at radius 1 is 1.38 bits per heavy atom. The van der Waals surface area contributed by atoms with Crippen LogP contribution < -0.4 is 15.9 Å². The van der Waals surface area contributed by atoms with Gasteiger partial charge in [-0.25, -0.2) is 14.4 Å². The molecule has 3 aromatic rings. The van der Waals surface area contributed by atoms with Crippen LogP contribution in [0.1, 0.15) is 73.2 Å². The van der Waals surface area contributed by atoms with Crippen molar-refractivity contribution in [2.45, 2.75) is 53.8 Å². The lowest BCUT2D eigenvalue weighted by molar-refractivity contribution is 0.135. The Balaban J connectivity index is 1.85. The molecule has 2 N–H and O–H groups in total. The molecule has 0 radical (unpaired) electrons. The summed E-state index contributed by atoms with van der Waals surface area (Å²) in [4.78, 5) is 12.4. The van der Waals surface area contributed by atoms with Gasteiger partial charge in [0, 0.05) is 35.5 Å². The Morgan fingerprint density at radius 2 is 2.14 bits per heavy atom. The Hall–Kier alpha value is -2.85. The quantitative estimate of drug-likeness (QED) is 0.398. The van der Waals surface area contributed by atoms with Gasteiger partial charge in [0.1, 0.15) is 16.9 Å². The summed E-state index contributed by atoms with van der Waals surface area (Å²) >= 11 is 1.12. The Labute approximate surface area is 223 Å². The monoisotopic (exact) mass is 535 g/mol. The minimum Gasteiger partial charge on any atom is -0.389 e. The smallest absolute Gasteiger partial charge is 0.225 e. The first-order valence-corrected chi connectivity index (χ1v) is 14.0. The van der Waals surface area contributed by atoms with Gasteiger partial charge in [-0.15, -0.1) is 20.6 Å². The zero-order valence-electron chi connectivity index (χ0n) is 21.6. The lowest BCUT2D eigenvalue weighted by Gasteiger charge is -2.22. The van der Waals surface area contributed by atoms with Crippen LogP contribution in [-0.4, -0.2) is 23.1 Å². The lowest BCUT2D eigenvalue weighted by Crippen LogP contribution is -2.22. The minimum absolute atomic E-state index is 0.311. The molecule has 2 aliphatic rings. The number of allylic oxidation sites excluding steroid dienone is 2. The van der Waals surface area contributed by atoms with Gasteiger partial charge >= 0.3 is 0 Å². The van der Waals surface area contributed by atoms with E-state index in [0.717, 1.165) is 87.3 Å². The van der Waals surface area contributed by atoms with Crippen molar-refractivity contribution in [2.75, 3.05) is 23.7 Å². The molecule has 0 spiro atoms. The number of nitrogen functional groups attached to an aromatic ring is 1. The van der Waals surface area contributed by atoms with Crippen LogP contribution in [-0.2, 0) is 18.0 Å². The molecule has 9 heteroatoms. The van der Waals surface area contributed by atoms with Crippen molar-refractivity contribution in [3.8, 4) is 6.07 Å². The van der Waals surface area contributed by atoms with Crippen molar-refractivity contribution in [3.05, 3.63) is 50.5 Å². The zero-order chi connectivity index (χ0) is 26.4. The van der Waals surface area contributed by atoms with Gasteiger partial charge in [-0.1, -0.05) is 25.5 Å². The van der Waals surface area contributed by atoms with Crippen molar-refractivity contribution in [1.29, 1.82) is 5.26 Å². The molecule has 6 nitrogen and oxygen atoms in total. The molecule has 2 aliphatic heterocycles. The average Bonchev–Trinajstić information content (AvgIpc) is 3.64. The third-order valence-electron chi connectivity index (χ3n) is 7.47. The van der Waals surface area contributed by atoms with Crippen LogP contribution in [0.3, 0.4) is 0 Å². The van der Waals surface area contributed by atoms with E-state index in [2.05, 4.69) is 34.1 Å². The van der Waals surface area contributed by atoms with Gasteiger partial charge in [-0.3, -0.25) is 0 Å². The number of nitrogens with two attached hydrogens (primary N) is 1. The van der Waals surface area contributed by atoms with E-state index in [0.29, 0.717) is 40.1 Å². The van der Waals surface area contributed by atoms with E-state index < -0.39 is 0 Å². The first kappa shape index (κ1) is 25.8. The molecule has 1 aromatic carbocycles. The summed E-state index contributed by atoms with van der Waals surface area (Å²) in [5, 5.41) is 12.3. The Bertz CT molecular complexity index is 1520. The molecule has 0 bridgehead atoms. The number of ether oxygens (including phenoxy) is 1. The predicted molar refractivity (Wildman–Crippen MR) is 154 cm³/mol. The molecule has 1 unspecified atom stereocenters. The fourth-order valence-electron chi connectivity index (χ4n) is 5.35. The van der Waals surface area contributed by atoms with Gasteiger partial charge in [0.25, 0.3) is 0 Å². The van der Waals surface area contributed by atoms with Crippen LogP contribution >= 0.6 is 20.6 Å². The topological polar surface area (TPSA) is 88.1 Å². The van der Waals surface area contributed by atoms with Crippen LogP contribution in [0.2, 0.25) is 0 Å². The van der Waals surface area contributed by atoms with E-state index in [-0.39, 0.29) is 5.83 Å². The lowest BCUT2D eigenvalue weighted by atomic mass is 9.85. The normalized spacial score (nSPS) is 18.4. The number of rotatable bonds is 5. The number of nitrogens with zero attached hydrogens (tertiary/aromatic N) is 4. The fraction of sp³-hybridized carbons (Fsp3) is 0.393. The number of hydrogen-bond donors (Lipinski definition) is 1. The second-order valence-corrected chi connectivity index (χ2v) is 11.4. The molecule has 192 valence electrons. The molecule has 1 fully saturated rings.